The van der Waals surface area contributed by atoms with Gasteiger partial charge in [-0.2, -0.15) is 0 Å². The van der Waals surface area contributed by atoms with Gasteiger partial charge in [0.1, 0.15) is 12.4 Å². The molecule has 0 saturated carbocycles. The molecule has 146 valence electrons. The number of nitrogens with one attached hydrogen (secondary N) is 2. The van der Waals surface area contributed by atoms with Gasteiger partial charge < -0.3 is 24.7 Å². The van der Waals surface area contributed by atoms with Gasteiger partial charge in [0.25, 0.3) is 0 Å². The highest BCUT2D eigenvalue weighted by Crippen LogP contribution is 1.99. The summed E-state index contributed by atoms with van der Waals surface area (Å²) in [7, 11) is 3.62. The highest BCUT2D eigenvalue weighted by molar-refractivity contribution is 14.0. The van der Waals surface area contributed by atoms with Crippen LogP contribution in [0, 0.1) is 12.8 Å². The molecule has 0 spiro atoms. The van der Waals surface area contributed by atoms with Crippen molar-refractivity contribution in [3.8, 4) is 0 Å². The van der Waals surface area contributed by atoms with E-state index in [2.05, 4.69) is 39.7 Å². The molecule has 0 fully saturated rings. The maximum Gasteiger partial charge on any atom is 0.191 e. The van der Waals surface area contributed by atoms with Crippen LogP contribution in [-0.2, 0) is 23.1 Å². The Morgan fingerprint density at radius 1 is 1.20 bits per heavy atom. The fourth-order valence-corrected chi connectivity index (χ4v) is 1.88. The molecule has 1 rings (SSSR count). The number of hydrogen-bond donors (Lipinski definition) is 2. The quantitative estimate of drug-likeness (QED) is 0.222. The fourth-order valence-electron chi connectivity index (χ4n) is 1.88. The molecule has 1 heterocycles. The van der Waals surface area contributed by atoms with Gasteiger partial charge in [0.2, 0.25) is 0 Å². The Labute approximate surface area is 168 Å². The van der Waals surface area contributed by atoms with E-state index < -0.39 is 0 Å². The van der Waals surface area contributed by atoms with Gasteiger partial charge in [-0.25, -0.2) is 4.99 Å². The monoisotopic (exact) mass is 468 g/mol. The molecule has 2 N–H and O–H groups in total. The van der Waals surface area contributed by atoms with Crippen LogP contribution in [0.5, 0.6) is 0 Å². The van der Waals surface area contributed by atoms with Crippen molar-refractivity contribution in [3.05, 3.63) is 11.6 Å². The Balaban J connectivity index is 0.00000576. The molecular formula is C16H33IN6O2. The van der Waals surface area contributed by atoms with E-state index in [0.29, 0.717) is 25.6 Å². The van der Waals surface area contributed by atoms with Crippen LogP contribution in [0.4, 0.5) is 0 Å². The van der Waals surface area contributed by atoms with Crippen LogP contribution in [0.25, 0.3) is 0 Å². The Kier molecular flexibility index (Phi) is 13.7. The summed E-state index contributed by atoms with van der Waals surface area (Å²) < 4.78 is 12.6. The third-order valence-electron chi connectivity index (χ3n) is 3.37. The molecule has 0 radical (unpaired) electrons. The number of aliphatic imine (C=N–C) groups is 1. The zero-order chi connectivity index (χ0) is 17.8. The predicted octanol–water partition coefficient (Wildman–Crippen LogP) is 1.49. The van der Waals surface area contributed by atoms with Gasteiger partial charge in [-0.15, -0.1) is 34.2 Å². The van der Waals surface area contributed by atoms with Gasteiger partial charge in [0.05, 0.1) is 6.61 Å². The van der Waals surface area contributed by atoms with Crippen LogP contribution >= 0.6 is 24.0 Å². The number of rotatable bonds is 11. The van der Waals surface area contributed by atoms with Gasteiger partial charge in [-0.05, 0) is 19.3 Å². The number of nitrogens with zero attached hydrogens (tertiary/aromatic N) is 4. The van der Waals surface area contributed by atoms with Gasteiger partial charge in [-0.1, -0.05) is 13.8 Å². The van der Waals surface area contributed by atoms with Crippen molar-refractivity contribution in [2.45, 2.75) is 33.7 Å². The van der Waals surface area contributed by atoms with Crippen LogP contribution in [-0.4, -0.2) is 60.7 Å². The summed E-state index contributed by atoms with van der Waals surface area (Å²) in [5.74, 6) is 3.03. The standard InChI is InChI=1S/C16H32N6O2.HI/c1-13(2)12-24-9-6-7-17-16(18-8-10-23-5)19-11-15-21-20-14(3)22(15)4;/h13H,6-12H2,1-5H3,(H2,17,18,19);1H. The molecule has 8 nitrogen and oxygen atoms in total. The summed E-state index contributed by atoms with van der Waals surface area (Å²) in [5.41, 5.74) is 0. The number of halogens is 1. The largest absolute Gasteiger partial charge is 0.383 e. The molecule has 1 aromatic rings. The number of guanidine groups is 1. The van der Waals surface area contributed by atoms with Gasteiger partial charge in [0.15, 0.2) is 11.8 Å². The zero-order valence-electron chi connectivity index (χ0n) is 16.0. The third-order valence-corrected chi connectivity index (χ3v) is 3.37. The highest BCUT2D eigenvalue weighted by Gasteiger charge is 2.05. The van der Waals surface area contributed by atoms with Crippen LogP contribution in [0.15, 0.2) is 4.99 Å². The first-order valence-corrected chi connectivity index (χ1v) is 8.48. The molecule has 9 heteroatoms. The molecule has 0 aliphatic rings. The number of aromatic nitrogens is 3. The molecule has 0 amide bonds. The van der Waals surface area contributed by atoms with Crippen molar-refractivity contribution in [1.82, 2.24) is 25.4 Å². The van der Waals surface area contributed by atoms with E-state index in [1.165, 1.54) is 0 Å². The Bertz CT molecular complexity index is 493. The van der Waals surface area contributed by atoms with E-state index in [-0.39, 0.29) is 24.0 Å². The summed E-state index contributed by atoms with van der Waals surface area (Å²) in [4.78, 5) is 4.56. The SMILES string of the molecule is COCCNC(=NCc1nnc(C)n1C)NCCCOCC(C)C.I. The second kappa shape index (κ2) is 14.3. The highest BCUT2D eigenvalue weighted by atomic mass is 127. The van der Waals surface area contributed by atoms with Crippen molar-refractivity contribution in [1.29, 1.82) is 0 Å². The van der Waals surface area contributed by atoms with Crippen molar-refractivity contribution >= 4 is 29.9 Å². The molecule has 0 bridgehead atoms. The number of aryl methyl sites for hydroxylation is 1. The lowest BCUT2D eigenvalue weighted by Crippen LogP contribution is -2.39. The molecule has 0 unspecified atom stereocenters. The minimum atomic E-state index is 0. The summed E-state index contributed by atoms with van der Waals surface area (Å²) >= 11 is 0. The molecule has 0 saturated heterocycles. The first kappa shape index (κ1) is 24.1. The van der Waals surface area contributed by atoms with Gasteiger partial charge >= 0.3 is 0 Å². The van der Waals surface area contributed by atoms with Crippen LogP contribution < -0.4 is 10.6 Å². The molecular weight excluding hydrogens is 435 g/mol. The number of ether oxygens (including phenoxy) is 2. The molecule has 0 atom stereocenters. The summed E-state index contributed by atoms with van der Waals surface area (Å²) in [5, 5.41) is 14.7. The second-order valence-corrected chi connectivity index (χ2v) is 6.06. The van der Waals surface area contributed by atoms with Gasteiger partial charge in [0, 0.05) is 40.5 Å². The summed E-state index contributed by atoms with van der Waals surface area (Å²) in [6, 6.07) is 0. The van der Waals surface area contributed by atoms with E-state index in [4.69, 9.17) is 9.47 Å². The van der Waals surface area contributed by atoms with E-state index in [9.17, 15) is 0 Å². The molecule has 25 heavy (non-hydrogen) atoms. The lowest BCUT2D eigenvalue weighted by molar-refractivity contribution is 0.108. The van der Waals surface area contributed by atoms with Crippen LogP contribution in [0.1, 0.15) is 31.9 Å². The Morgan fingerprint density at radius 3 is 2.52 bits per heavy atom. The minimum Gasteiger partial charge on any atom is -0.383 e. The minimum absolute atomic E-state index is 0. The second-order valence-electron chi connectivity index (χ2n) is 6.06. The van der Waals surface area contributed by atoms with Crippen molar-refractivity contribution in [2.24, 2.45) is 18.0 Å². The molecule has 0 aromatic carbocycles. The maximum absolute atomic E-state index is 5.58. The zero-order valence-corrected chi connectivity index (χ0v) is 18.4. The van der Waals surface area contributed by atoms with Crippen molar-refractivity contribution in [3.63, 3.8) is 0 Å². The average molecular weight is 468 g/mol. The van der Waals surface area contributed by atoms with E-state index in [1.807, 2.05) is 18.5 Å². The first-order valence-electron chi connectivity index (χ1n) is 8.48. The lowest BCUT2D eigenvalue weighted by Gasteiger charge is -2.13. The van der Waals surface area contributed by atoms with Crippen molar-refractivity contribution in [2.75, 3.05) is 40.0 Å². The number of hydrogen-bond acceptors (Lipinski definition) is 5. The van der Waals surface area contributed by atoms with E-state index in [0.717, 1.165) is 43.8 Å². The van der Waals surface area contributed by atoms with E-state index in [1.54, 1.807) is 7.11 Å². The maximum atomic E-state index is 5.58. The average Bonchev–Trinajstić information content (AvgIpc) is 2.86. The molecule has 0 aliphatic heterocycles. The molecule has 1 aromatic heterocycles. The third kappa shape index (κ3) is 10.6. The normalized spacial score (nSPS) is 11.5. The van der Waals surface area contributed by atoms with E-state index >= 15 is 0 Å². The summed E-state index contributed by atoms with van der Waals surface area (Å²) in [6.45, 7) is 10.4. The Morgan fingerprint density at radius 2 is 1.92 bits per heavy atom. The molecule has 0 aliphatic carbocycles. The summed E-state index contributed by atoms with van der Waals surface area (Å²) in [6.07, 6.45) is 0.931. The van der Waals surface area contributed by atoms with Crippen molar-refractivity contribution < 1.29 is 9.47 Å². The predicted molar refractivity (Wildman–Crippen MR) is 110 cm³/mol. The smallest absolute Gasteiger partial charge is 0.191 e. The Hall–Kier alpha value is -0.940. The fraction of sp³-hybridized carbons (Fsp3) is 0.812. The van der Waals surface area contributed by atoms with Crippen LogP contribution in [0.3, 0.4) is 0 Å². The first-order chi connectivity index (χ1) is 11.5. The number of methoxy groups -OCH3 is 1. The van der Waals surface area contributed by atoms with Crippen LogP contribution in [0.2, 0.25) is 0 Å². The lowest BCUT2D eigenvalue weighted by atomic mass is 10.2. The van der Waals surface area contributed by atoms with Gasteiger partial charge in [-0.3, -0.25) is 0 Å². The topological polar surface area (TPSA) is 85.6 Å².